The molecule has 7 heteroatoms. The lowest BCUT2D eigenvalue weighted by Crippen LogP contribution is -2.30. The molecule has 0 aromatic heterocycles. The number of carbonyl (C=O) groups is 1. The maximum Gasteiger partial charge on any atom is 0.251 e. The van der Waals surface area contributed by atoms with E-state index in [1.165, 1.54) is 38.4 Å². The van der Waals surface area contributed by atoms with E-state index in [4.69, 9.17) is 11.6 Å². The molecule has 3 rings (SSSR count). The number of sulfonamides is 1. The monoisotopic (exact) mass is 442 g/mol. The van der Waals surface area contributed by atoms with Crippen LogP contribution in [0.4, 0.5) is 0 Å². The number of amides is 1. The molecule has 1 unspecified atom stereocenters. The highest BCUT2D eigenvalue weighted by atomic mass is 35.5. The third-order valence-corrected chi connectivity index (χ3v) is 6.84. The number of nitrogens with one attached hydrogen (secondary N) is 1. The molecule has 3 aromatic rings. The van der Waals surface area contributed by atoms with E-state index < -0.39 is 10.0 Å². The molecule has 0 saturated carbocycles. The Balaban J connectivity index is 1.82. The third kappa shape index (κ3) is 5.27. The van der Waals surface area contributed by atoms with E-state index in [1.807, 2.05) is 54.6 Å². The van der Waals surface area contributed by atoms with Crippen LogP contribution in [-0.4, -0.2) is 32.7 Å². The first-order valence-electron chi connectivity index (χ1n) is 9.40. The Hall–Kier alpha value is -2.67. The van der Waals surface area contributed by atoms with Gasteiger partial charge >= 0.3 is 0 Å². The second-order valence-corrected chi connectivity index (χ2v) is 9.67. The molecule has 5 nitrogen and oxygen atoms in total. The van der Waals surface area contributed by atoms with Crippen LogP contribution < -0.4 is 5.32 Å². The van der Waals surface area contributed by atoms with Crippen molar-refractivity contribution in [2.45, 2.75) is 17.4 Å². The molecule has 1 amide bonds. The lowest BCUT2D eigenvalue weighted by Gasteiger charge is -2.20. The highest BCUT2D eigenvalue weighted by Crippen LogP contribution is 2.21. The number of rotatable bonds is 7. The first kappa shape index (κ1) is 22.0. The van der Waals surface area contributed by atoms with Crippen molar-refractivity contribution in [1.82, 2.24) is 9.62 Å². The summed E-state index contributed by atoms with van der Waals surface area (Å²) in [5.74, 6) is -0.272. The van der Waals surface area contributed by atoms with Crippen molar-refractivity contribution in [2.75, 3.05) is 14.1 Å². The Kier molecular flexibility index (Phi) is 6.92. The third-order valence-electron chi connectivity index (χ3n) is 4.76. The predicted octanol–water partition coefficient (Wildman–Crippen LogP) is 4.30. The van der Waals surface area contributed by atoms with E-state index in [2.05, 4.69) is 5.32 Å². The van der Waals surface area contributed by atoms with Crippen LogP contribution in [0.5, 0.6) is 0 Å². The van der Waals surface area contributed by atoms with Gasteiger partial charge in [-0.05, 0) is 53.9 Å². The zero-order valence-electron chi connectivity index (χ0n) is 16.7. The number of nitrogens with zero attached hydrogens (tertiary/aromatic N) is 1. The lowest BCUT2D eigenvalue weighted by atomic mass is 9.98. The van der Waals surface area contributed by atoms with Crippen molar-refractivity contribution < 1.29 is 13.2 Å². The molecule has 0 aliphatic heterocycles. The predicted molar refractivity (Wildman–Crippen MR) is 119 cm³/mol. The number of halogens is 1. The van der Waals surface area contributed by atoms with Crippen LogP contribution in [0.1, 0.15) is 27.5 Å². The number of hydrogen-bond donors (Lipinski definition) is 1. The van der Waals surface area contributed by atoms with Crippen LogP contribution >= 0.6 is 11.6 Å². The minimum Gasteiger partial charge on any atom is -0.345 e. The fourth-order valence-electron chi connectivity index (χ4n) is 3.02. The molecular formula is C23H23ClN2O3S. The first-order chi connectivity index (χ1) is 14.3. The highest BCUT2D eigenvalue weighted by Gasteiger charge is 2.19. The normalized spacial score (nSPS) is 12.5. The lowest BCUT2D eigenvalue weighted by molar-refractivity contribution is 0.0936. The smallest absolute Gasteiger partial charge is 0.251 e. The van der Waals surface area contributed by atoms with Crippen LogP contribution in [0.3, 0.4) is 0 Å². The topological polar surface area (TPSA) is 66.5 Å². The fraction of sp³-hybridized carbons (Fsp3) is 0.174. The Bertz CT molecular complexity index is 1100. The summed E-state index contributed by atoms with van der Waals surface area (Å²) >= 11 is 5.98. The van der Waals surface area contributed by atoms with Gasteiger partial charge in [-0.3, -0.25) is 4.79 Å². The zero-order chi connectivity index (χ0) is 21.7. The summed E-state index contributed by atoms with van der Waals surface area (Å²) < 4.78 is 25.6. The Labute approximate surface area is 182 Å². The molecule has 30 heavy (non-hydrogen) atoms. The van der Waals surface area contributed by atoms with Gasteiger partial charge in [-0.25, -0.2) is 12.7 Å². The zero-order valence-corrected chi connectivity index (χ0v) is 18.3. The Morgan fingerprint density at radius 1 is 0.933 bits per heavy atom. The number of benzene rings is 3. The maximum absolute atomic E-state index is 12.9. The Morgan fingerprint density at radius 2 is 1.53 bits per heavy atom. The number of hydrogen-bond acceptors (Lipinski definition) is 3. The quantitative estimate of drug-likeness (QED) is 0.593. The molecule has 156 valence electrons. The number of carbonyl (C=O) groups excluding carboxylic acids is 1. The molecule has 0 fully saturated rings. The van der Waals surface area contributed by atoms with E-state index in [0.717, 1.165) is 15.4 Å². The van der Waals surface area contributed by atoms with E-state index in [9.17, 15) is 13.2 Å². The average molecular weight is 443 g/mol. The fourth-order valence-corrected chi connectivity index (χ4v) is 4.05. The van der Waals surface area contributed by atoms with Crippen LogP contribution in [0.25, 0.3) is 0 Å². The van der Waals surface area contributed by atoms with Gasteiger partial charge in [0.1, 0.15) is 0 Å². The molecule has 0 bridgehead atoms. The van der Waals surface area contributed by atoms with Gasteiger partial charge < -0.3 is 5.32 Å². The summed E-state index contributed by atoms with van der Waals surface area (Å²) in [5, 5.41) is 3.72. The van der Waals surface area contributed by atoms with E-state index in [1.54, 1.807) is 0 Å². The van der Waals surface area contributed by atoms with Gasteiger partial charge in [-0.15, -0.1) is 0 Å². The largest absolute Gasteiger partial charge is 0.345 e. The highest BCUT2D eigenvalue weighted by molar-refractivity contribution is 7.89. The van der Waals surface area contributed by atoms with Crippen molar-refractivity contribution in [3.05, 3.63) is 101 Å². The molecule has 0 radical (unpaired) electrons. The van der Waals surface area contributed by atoms with Crippen molar-refractivity contribution in [2.24, 2.45) is 0 Å². The van der Waals surface area contributed by atoms with Crippen LogP contribution in [0.15, 0.2) is 83.8 Å². The second kappa shape index (κ2) is 9.43. The first-order valence-corrected chi connectivity index (χ1v) is 11.2. The molecular weight excluding hydrogens is 420 g/mol. The summed E-state index contributed by atoms with van der Waals surface area (Å²) in [5.41, 5.74) is 2.42. The summed E-state index contributed by atoms with van der Waals surface area (Å²) in [7, 11) is -0.600. The van der Waals surface area contributed by atoms with Gasteiger partial charge in [0.2, 0.25) is 10.0 Å². The molecule has 3 aromatic carbocycles. The van der Waals surface area contributed by atoms with Gasteiger partial charge in [0.05, 0.1) is 10.9 Å². The standard InChI is InChI=1S/C23H23ClN2O3S/c1-26(2)30(28,29)21-14-10-19(11-15-21)23(27)25-22(18-6-4-3-5-7-18)16-17-8-12-20(24)13-9-17/h3-15,22H,16H2,1-2H3,(H,25,27). The van der Waals surface area contributed by atoms with Gasteiger partial charge in [0.25, 0.3) is 5.91 Å². The summed E-state index contributed by atoms with van der Waals surface area (Å²) in [6.07, 6.45) is 0.597. The van der Waals surface area contributed by atoms with Crippen molar-refractivity contribution in [3.63, 3.8) is 0 Å². The minimum atomic E-state index is -3.54. The van der Waals surface area contributed by atoms with Crippen LogP contribution in [0, 0.1) is 0 Å². The second-order valence-electron chi connectivity index (χ2n) is 7.08. The van der Waals surface area contributed by atoms with Crippen LogP contribution in [-0.2, 0) is 16.4 Å². The van der Waals surface area contributed by atoms with Gasteiger partial charge in [0, 0.05) is 24.7 Å². The maximum atomic E-state index is 12.9. The molecule has 0 aliphatic rings. The van der Waals surface area contributed by atoms with Crippen molar-refractivity contribution in [3.8, 4) is 0 Å². The molecule has 1 atom stereocenters. The van der Waals surface area contributed by atoms with Crippen molar-refractivity contribution in [1.29, 1.82) is 0 Å². The SMILES string of the molecule is CN(C)S(=O)(=O)c1ccc(C(=O)NC(Cc2ccc(Cl)cc2)c2ccccc2)cc1. The Morgan fingerprint density at radius 3 is 2.10 bits per heavy atom. The minimum absolute atomic E-state index is 0.143. The summed E-state index contributed by atoms with van der Waals surface area (Å²) in [4.78, 5) is 13.0. The van der Waals surface area contributed by atoms with Gasteiger partial charge in [-0.2, -0.15) is 0 Å². The van der Waals surface area contributed by atoms with Crippen LogP contribution in [0.2, 0.25) is 5.02 Å². The molecule has 0 heterocycles. The van der Waals surface area contributed by atoms with E-state index in [0.29, 0.717) is 17.0 Å². The molecule has 0 saturated heterocycles. The summed E-state index contributed by atoms with van der Waals surface area (Å²) in [6, 6.07) is 22.9. The molecule has 0 spiro atoms. The van der Waals surface area contributed by atoms with Gasteiger partial charge in [-0.1, -0.05) is 54.1 Å². The van der Waals surface area contributed by atoms with Gasteiger partial charge in [0.15, 0.2) is 0 Å². The summed E-state index contributed by atoms with van der Waals surface area (Å²) in [6.45, 7) is 0. The van der Waals surface area contributed by atoms with E-state index in [-0.39, 0.29) is 16.8 Å². The van der Waals surface area contributed by atoms with Crippen molar-refractivity contribution >= 4 is 27.5 Å². The average Bonchev–Trinajstić information content (AvgIpc) is 2.75. The van der Waals surface area contributed by atoms with E-state index >= 15 is 0 Å². The molecule has 1 N–H and O–H groups in total. The molecule has 0 aliphatic carbocycles.